The summed E-state index contributed by atoms with van der Waals surface area (Å²) in [6.45, 7) is 0. The number of amides is 2. The second kappa shape index (κ2) is 9.55. The van der Waals surface area contributed by atoms with E-state index >= 15 is 0 Å². The monoisotopic (exact) mass is 612 g/mol. The number of pyridine rings is 1. The van der Waals surface area contributed by atoms with Gasteiger partial charge in [0.05, 0.1) is 18.2 Å². The van der Waals surface area contributed by atoms with Crippen LogP contribution in [0, 0.1) is 23.1 Å². The average molecular weight is 613 g/mol. The van der Waals surface area contributed by atoms with Gasteiger partial charge >= 0.3 is 10.2 Å². The minimum Gasteiger partial charge on any atom is -0.375 e. The molecule has 2 saturated carbocycles. The van der Waals surface area contributed by atoms with E-state index < -0.39 is 80.8 Å². The first-order chi connectivity index (χ1) is 18.7. The summed E-state index contributed by atoms with van der Waals surface area (Å²) >= 11 is 0. The van der Waals surface area contributed by atoms with Gasteiger partial charge in [0, 0.05) is 36.3 Å². The number of anilines is 1. The van der Waals surface area contributed by atoms with Gasteiger partial charge < -0.3 is 10.4 Å². The lowest BCUT2D eigenvalue weighted by Crippen LogP contribution is -2.57. The average Bonchev–Trinajstić information content (AvgIpc) is 2.85. The van der Waals surface area contributed by atoms with Gasteiger partial charge in [-0.3, -0.25) is 19.5 Å². The van der Waals surface area contributed by atoms with Crippen LogP contribution in [0.4, 0.5) is 38.3 Å². The molecule has 7 nitrogen and oxygen atoms in total. The van der Waals surface area contributed by atoms with Gasteiger partial charge in [0.1, 0.15) is 16.8 Å². The van der Waals surface area contributed by atoms with Gasteiger partial charge in [-0.15, -0.1) is 0 Å². The summed E-state index contributed by atoms with van der Waals surface area (Å²) in [6.07, 6.45) is 0.0921. The maximum atomic E-state index is 14.2. The highest BCUT2D eigenvalue weighted by molar-refractivity contribution is 8.45. The molecular weight excluding hydrogens is 588 g/mol. The predicted molar refractivity (Wildman–Crippen MR) is 131 cm³/mol. The molecule has 4 rings (SSSR count). The van der Waals surface area contributed by atoms with Crippen LogP contribution in [0.3, 0.4) is 0 Å². The van der Waals surface area contributed by atoms with Crippen LogP contribution in [-0.4, -0.2) is 39.5 Å². The lowest BCUT2D eigenvalue weighted by atomic mass is 9.69. The number of carbonyl (C=O) groups is 2. The van der Waals surface area contributed by atoms with Crippen molar-refractivity contribution in [1.29, 1.82) is 5.26 Å². The third-order valence-electron chi connectivity index (χ3n) is 7.29. The third-order valence-corrected chi connectivity index (χ3v) is 8.45. The maximum absolute atomic E-state index is 14.2. The highest BCUT2D eigenvalue weighted by Crippen LogP contribution is 3.02. The van der Waals surface area contributed by atoms with Crippen molar-refractivity contribution in [2.24, 2.45) is 5.92 Å². The normalized spacial score (nSPS) is 25.0. The van der Waals surface area contributed by atoms with Gasteiger partial charge in [-0.2, -0.15) is 5.26 Å². The Morgan fingerprint density at radius 1 is 1.05 bits per heavy atom. The number of hydrogen-bond acceptors (Lipinski definition) is 5. The fraction of sp³-hybridized carbons (Fsp3) is 0.440. The van der Waals surface area contributed by atoms with Crippen molar-refractivity contribution in [3.05, 3.63) is 54.1 Å². The number of halogens is 8. The molecule has 1 aromatic carbocycles. The van der Waals surface area contributed by atoms with Gasteiger partial charge in [0.15, 0.2) is 5.60 Å². The molecule has 2 amide bonds. The van der Waals surface area contributed by atoms with Crippen LogP contribution in [0.5, 0.6) is 0 Å². The Balaban J connectivity index is 1.81. The summed E-state index contributed by atoms with van der Waals surface area (Å²) < 4.78 is 108. The molecule has 16 heteroatoms. The second-order valence-electron chi connectivity index (χ2n) is 10.3. The number of nitrogens with one attached hydrogen (secondary N) is 1. The van der Waals surface area contributed by atoms with E-state index in [1.807, 2.05) is 0 Å². The number of benzene rings is 1. The number of hydrogen-bond donors (Lipinski definition) is 2. The van der Waals surface area contributed by atoms with Crippen molar-refractivity contribution in [3.8, 4) is 6.07 Å². The molecule has 2 fully saturated rings. The Morgan fingerprint density at radius 3 is 2.15 bits per heavy atom. The van der Waals surface area contributed by atoms with Crippen LogP contribution in [0.25, 0.3) is 0 Å². The Kier molecular flexibility index (Phi) is 7.11. The van der Waals surface area contributed by atoms with E-state index in [4.69, 9.17) is 0 Å². The zero-order valence-electron chi connectivity index (χ0n) is 21.1. The summed E-state index contributed by atoms with van der Waals surface area (Å²) in [4.78, 5) is 29.3. The zero-order valence-corrected chi connectivity index (χ0v) is 21.9. The standard InChI is InChI=1S/C25H24F8N4O3S/c26-16-11-15(12-35-13-16)21(22(38)36-17-5-9-25(27,28)10-6-17)37(23(39)20-7-8-24(20,40)14-34)18-1-3-19(4-2-18)41(29,30,31,32)33/h1-4,11-13,17,20-21,40H,5-10H2,(H,36,38)/t20-,21?,24?/m1/s1. The van der Waals surface area contributed by atoms with Crippen LogP contribution in [0.1, 0.15) is 50.1 Å². The molecule has 0 spiro atoms. The number of nitriles is 1. The first-order valence-electron chi connectivity index (χ1n) is 12.3. The van der Waals surface area contributed by atoms with E-state index in [0.29, 0.717) is 17.0 Å². The largest absolute Gasteiger partial charge is 0.375 e. The SMILES string of the molecule is N#CC1(O)CC[C@@H]1C(=O)N(c1ccc(S(F)(F)(F)(F)F)cc1)C(C(=O)NC1CCC(F)(F)CC1)c1cncc(F)c1. The molecule has 2 aromatic rings. The molecule has 224 valence electrons. The highest BCUT2D eigenvalue weighted by Gasteiger charge is 2.65. The quantitative estimate of drug-likeness (QED) is 0.282. The molecule has 1 aromatic heterocycles. The number of aromatic nitrogens is 1. The van der Waals surface area contributed by atoms with E-state index in [0.717, 1.165) is 18.5 Å². The van der Waals surface area contributed by atoms with E-state index in [-0.39, 0.29) is 43.4 Å². The molecule has 2 N–H and O–H groups in total. The summed E-state index contributed by atoms with van der Waals surface area (Å²) in [5.41, 5.74) is -3.02. The smallest absolute Gasteiger partial charge is 0.310 e. The van der Waals surface area contributed by atoms with Gasteiger partial charge in [-0.1, -0.05) is 19.4 Å². The van der Waals surface area contributed by atoms with E-state index in [2.05, 4.69) is 10.3 Å². The first-order valence-corrected chi connectivity index (χ1v) is 14.3. The Bertz CT molecular complexity index is 1390. The maximum Gasteiger partial charge on any atom is 0.310 e. The number of alkyl halides is 2. The molecule has 0 radical (unpaired) electrons. The molecule has 3 atom stereocenters. The minimum absolute atomic E-state index is 0.0104. The Labute approximate surface area is 228 Å². The molecule has 2 aliphatic rings. The van der Waals surface area contributed by atoms with Crippen molar-refractivity contribution in [2.75, 3.05) is 4.90 Å². The molecule has 1 heterocycles. The van der Waals surface area contributed by atoms with Gasteiger partial charge in [-0.25, -0.2) is 13.2 Å². The van der Waals surface area contributed by atoms with Crippen molar-refractivity contribution < 1.29 is 47.3 Å². The lowest BCUT2D eigenvalue weighted by Gasteiger charge is -2.43. The fourth-order valence-corrected chi connectivity index (χ4v) is 5.57. The topological polar surface area (TPSA) is 106 Å². The summed E-state index contributed by atoms with van der Waals surface area (Å²) in [5.74, 6) is -7.60. The third kappa shape index (κ3) is 6.56. The van der Waals surface area contributed by atoms with Crippen molar-refractivity contribution in [1.82, 2.24) is 10.3 Å². The first kappa shape index (κ1) is 30.5. The number of carbonyl (C=O) groups excluding carboxylic acids is 2. The van der Waals surface area contributed by atoms with Crippen LogP contribution >= 0.6 is 10.2 Å². The summed E-state index contributed by atoms with van der Waals surface area (Å²) in [6, 6.07) is 0.684. The van der Waals surface area contributed by atoms with Crippen molar-refractivity contribution >= 4 is 27.7 Å². The van der Waals surface area contributed by atoms with Gasteiger partial charge in [-0.05, 0) is 56.0 Å². The molecule has 2 unspecified atom stereocenters. The number of nitrogens with zero attached hydrogens (tertiary/aromatic N) is 3. The molecule has 2 aliphatic carbocycles. The van der Waals surface area contributed by atoms with Gasteiger partial charge in [0.2, 0.25) is 17.7 Å². The molecular formula is C25H24F8N4O3S. The summed E-state index contributed by atoms with van der Waals surface area (Å²) in [5, 5.41) is 22.4. The Hall–Kier alpha value is -3.45. The molecule has 41 heavy (non-hydrogen) atoms. The molecule has 0 aliphatic heterocycles. The second-order valence-corrected chi connectivity index (χ2v) is 12.7. The van der Waals surface area contributed by atoms with Crippen LogP contribution < -0.4 is 10.2 Å². The predicted octanol–water partition coefficient (Wildman–Crippen LogP) is 6.31. The highest BCUT2D eigenvalue weighted by atomic mass is 32.5. The Morgan fingerprint density at radius 2 is 1.66 bits per heavy atom. The van der Waals surface area contributed by atoms with E-state index in [1.165, 1.54) is 0 Å². The molecule has 0 bridgehead atoms. The zero-order chi connectivity index (χ0) is 30.5. The van der Waals surface area contributed by atoms with Crippen LogP contribution in [0.15, 0.2) is 47.6 Å². The summed E-state index contributed by atoms with van der Waals surface area (Å²) in [7, 11) is -10.1. The van der Waals surface area contributed by atoms with E-state index in [9.17, 15) is 52.6 Å². The molecule has 0 saturated heterocycles. The number of rotatable bonds is 7. The van der Waals surface area contributed by atoms with Crippen molar-refractivity contribution in [3.63, 3.8) is 0 Å². The van der Waals surface area contributed by atoms with E-state index in [1.54, 1.807) is 6.07 Å². The van der Waals surface area contributed by atoms with Crippen molar-refractivity contribution in [2.45, 2.75) is 67.0 Å². The van der Waals surface area contributed by atoms with Crippen LogP contribution in [0.2, 0.25) is 0 Å². The van der Waals surface area contributed by atoms with Gasteiger partial charge in [0.25, 0.3) is 0 Å². The lowest BCUT2D eigenvalue weighted by molar-refractivity contribution is -0.140. The van der Waals surface area contributed by atoms with Crippen LogP contribution in [-0.2, 0) is 9.59 Å². The fourth-order valence-electron chi connectivity index (χ4n) is 4.92. The minimum atomic E-state index is -10.1. The number of aliphatic hydroxyl groups is 1.